The van der Waals surface area contributed by atoms with Crippen LogP contribution in [0, 0.1) is 0 Å². The number of imide groups is 1. The van der Waals surface area contributed by atoms with Gasteiger partial charge in [-0.15, -0.1) is 0 Å². The molecule has 0 atom stereocenters. The number of oxazole rings is 2. The lowest BCUT2D eigenvalue weighted by Crippen LogP contribution is -2.31. The molecule has 2 amide bonds. The number of aromatic nitrogens is 2. The van der Waals surface area contributed by atoms with Crippen LogP contribution in [-0.2, 0) is 9.59 Å². The van der Waals surface area contributed by atoms with Crippen LogP contribution in [0.25, 0.3) is 22.2 Å². The Kier molecular flexibility index (Phi) is 5.31. The first-order valence-electron chi connectivity index (χ1n) is 10.4. The van der Waals surface area contributed by atoms with Gasteiger partial charge in [-0.3, -0.25) is 9.59 Å². The molecule has 1 aliphatic heterocycles. The number of fused-ring (bicyclic) bond motifs is 2. The Balaban J connectivity index is 1.41. The third-order valence-corrected chi connectivity index (χ3v) is 7.25. The van der Waals surface area contributed by atoms with E-state index in [4.69, 9.17) is 13.6 Å². The molecule has 3 heterocycles. The Labute approximate surface area is 207 Å². The lowest BCUT2D eigenvalue weighted by atomic mass is 10.3. The molecule has 2 aromatic heterocycles. The number of hydrogen-bond acceptors (Lipinski definition) is 9. The SMILES string of the molecule is COc1ccc(N2C(=O)C(Sc3nc4ccccc4o3)=C(Sc3nc4ccccc4o3)C2=O)cc1. The lowest BCUT2D eigenvalue weighted by molar-refractivity contribution is -0.120. The van der Waals surface area contributed by atoms with Gasteiger partial charge in [0, 0.05) is 0 Å². The number of hydrogen-bond donors (Lipinski definition) is 0. The molecule has 0 saturated carbocycles. The highest BCUT2D eigenvalue weighted by molar-refractivity contribution is 8.08. The second kappa shape index (κ2) is 8.64. The van der Waals surface area contributed by atoms with Gasteiger partial charge in [-0.2, -0.15) is 0 Å². The van der Waals surface area contributed by atoms with Crippen molar-refractivity contribution < 1.29 is 23.2 Å². The van der Waals surface area contributed by atoms with Crippen LogP contribution in [0.5, 0.6) is 5.75 Å². The molecule has 0 fully saturated rings. The maximum atomic E-state index is 13.5. The van der Waals surface area contributed by atoms with Crippen molar-refractivity contribution in [3.8, 4) is 5.75 Å². The van der Waals surface area contributed by atoms with Crippen molar-refractivity contribution >= 4 is 63.2 Å². The Bertz CT molecular complexity index is 1470. The van der Waals surface area contributed by atoms with E-state index in [1.165, 1.54) is 0 Å². The van der Waals surface area contributed by atoms with Crippen LogP contribution in [0.3, 0.4) is 0 Å². The summed E-state index contributed by atoms with van der Waals surface area (Å²) >= 11 is 2.01. The molecule has 10 heteroatoms. The molecule has 35 heavy (non-hydrogen) atoms. The highest BCUT2D eigenvalue weighted by Crippen LogP contribution is 2.44. The normalized spacial score (nSPS) is 14.0. The van der Waals surface area contributed by atoms with Gasteiger partial charge in [-0.05, 0) is 72.1 Å². The molecule has 5 aromatic rings. The zero-order valence-electron chi connectivity index (χ0n) is 18.1. The maximum Gasteiger partial charge on any atom is 0.273 e. The molecule has 3 aromatic carbocycles. The van der Waals surface area contributed by atoms with E-state index in [9.17, 15) is 9.59 Å². The number of benzene rings is 3. The fourth-order valence-corrected chi connectivity index (χ4v) is 5.47. The van der Waals surface area contributed by atoms with Crippen LogP contribution in [0.4, 0.5) is 5.69 Å². The molecule has 0 aliphatic carbocycles. The first kappa shape index (κ1) is 21.5. The summed E-state index contributed by atoms with van der Waals surface area (Å²) in [4.78, 5) is 37.4. The third kappa shape index (κ3) is 3.86. The first-order chi connectivity index (χ1) is 17.1. The summed E-state index contributed by atoms with van der Waals surface area (Å²) in [5.41, 5.74) is 2.92. The summed E-state index contributed by atoms with van der Waals surface area (Å²) in [7, 11) is 1.55. The second-order valence-electron chi connectivity index (χ2n) is 7.40. The number of amides is 2. The number of ether oxygens (including phenoxy) is 1. The predicted molar refractivity (Wildman–Crippen MR) is 132 cm³/mol. The lowest BCUT2D eigenvalue weighted by Gasteiger charge is -2.15. The van der Waals surface area contributed by atoms with Gasteiger partial charge in [0.05, 0.1) is 12.8 Å². The summed E-state index contributed by atoms with van der Waals surface area (Å²) < 4.78 is 16.8. The Morgan fingerprint density at radius 1 is 0.714 bits per heavy atom. The van der Waals surface area contributed by atoms with E-state index in [0.29, 0.717) is 33.6 Å². The average Bonchev–Trinajstić information content (AvgIpc) is 3.54. The summed E-state index contributed by atoms with van der Waals surface area (Å²) in [5.74, 6) is -0.347. The van der Waals surface area contributed by atoms with E-state index in [0.717, 1.165) is 28.4 Å². The van der Waals surface area contributed by atoms with Gasteiger partial charge in [0.15, 0.2) is 11.2 Å². The molecule has 0 bridgehead atoms. The minimum absolute atomic E-state index is 0.185. The maximum absolute atomic E-state index is 13.5. The Hall–Kier alpha value is -4.02. The van der Waals surface area contributed by atoms with Crippen molar-refractivity contribution in [1.82, 2.24) is 9.97 Å². The minimum Gasteiger partial charge on any atom is -0.497 e. The van der Waals surface area contributed by atoms with Gasteiger partial charge in [0.2, 0.25) is 0 Å². The van der Waals surface area contributed by atoms with E-state index in [1.807, 2.05) is 36.4 Å². The summed E-state index contributed by atoms with van der Waals surface area (Å²) in [6, 6.07) is 21.3. The monoisotopic (exact) mass is 501 g/mol. The fraction of sp³-hybridized carbons (Fsp3) is 0.0400. The molecule has 0 saturated heterocycles. The summed E-state index contributed by atoms with van der Waals surface area (Å²) in [6.07, 6.45) is 0. The highest BCUT2D eigenvalue weighted by atomic mass is 32.2. The van der Waals surface area contributed by atoms with Crippen molar-refractivity contribution in [3.63, 3.8) is 0 Å². The van der Waals surface area contributed by atoms with Gasteiger partial charge in [0.25, 0.3) is 22.3 Å². The van der Waals surface area contributed by atoms with Crippen molar-refractivity contribution in [2.45, 2.75) is 10.4 Å². The quantitative estimate of drug-likeness (QED) is 0.273. The largest absolute Gasteiger partial charge is 0.497 e. The molecule has 0 unspecified atom stereocenters. The van der Waals surface area contributed by atoms with Crippen LogP contribution in [0.2, 0.25) is 0 Å². The third-order valence-electron chi connectivity index (χ3n) is 5.26. The molecular weight excluding hydrogens is 486 g/mol. The Morgan fingerprint density at radius 3 is 1.66 bits per heavy atom. The number of rotatable bonds is 6. The first-order valence-corrected chi connectivity index (χ1v) is 12.1. The van der Waals surface area contributed by atoms with Crippen molar-refractivity contribution in [1.29, 1.82) is 0 Å². The molecule has 1 aliphatic rings. The molecule has 0 spiro atoms. The van der Waals surface area contributed by atoms with Crippen LogP contribution in [-0.4, -0.2) is 28.9 Å². The topological polar surface area (TPSA) is 98.7 Å². The minimum atomic E-state index is -0.481. The average molecular weight is 502 g/mol. The van der Waals surface area contributed by atoms with Crippen LogP contribution in [0.1, 0.15) is 0 Å². The molecule has 0 radical (unpaired) electrons. The van der Waals surface area contributed by atoms with E-state index >= 15 is 0 Å². The summed E-state index contributed by atoms with van der Waals surface area (Å²) in [5, 5.41) is 0.518. The number of anilines is 1. The zero-order chi connectivity index (χ0) is 23.9. The molecule has 172 valence electrons. The van der Waals surface area contributed by atoms with Crippen molar-refractivity contribution in [3.05, 3.63) is 82.6 Å². The van der Waals surface area contributed by atoms with E-state index in [-0.39, 0.29) is 20.3 Å². The number of methoxy groups -OCH3 is 1. The van der Waals surface area contributed by atoms with E-state index in [1.54, 1.807) is 43.5 Å². The number of nitrogens with zero attached hydrogens (tertiary/aromatic N) is 3. The van der Waals surface area contributed by atoms with E-state index in [2.05, 4.69) is 9.97 Å². The van der Waals surface area contributed by atoms with Gasteiger partial charge < -0.3 is 13.6 Å². The van der Waals surface area contributed by atoms with Gasteiger partial charge in [-0.25, -0.2) is 14.9 Å². The Morgan fingerprint density at radius 2 is 1.20 bits per heavy atom. The van der Waals surface area contributed by atoms with Gasteiger partial charge in [0.1, 0.15) is 26.6 Å². The number of thioether (sulfide) groups is 2. The molecule has 6 rings (SSSR count). The number of carbonyl (C=O) groups is 2. The number of carbonyl (C=O) groups excluding carboxylic acids is 2. The molecule has 8 nitrogen and oxygen atoms in total. The molecular formula is C25H15N3O5S2. The van der Waals surface area contributed by atoms with Crippen molar-refractivity contribution in [2.24, 2.45) is 0 Å². The highest BCUT2D eigenvalue weighted by Gasteiger charge is 2.42. The van der Waals surface area contributed by atoms with Crippen LogP contribution >= 0.6 is 23.5 Å². The molecule has 0 N–H and O–H groups in total. The summed E-state index contributed by atoms with van der Waals surface area (Å²) in [6.45, 7) is 0. The zero-order valence-corrected chi connectivity index (χ0v) is 19.8. The van der Waals surface area contributed by atoms with Gasteiger partial charge >= 0.3 is 0 Å². The van der Waals surface area contributed by atoms with Gasteiger partial charge in [-0.1, -0.05) is 24.3 Å². The van der Waals surface area contributed by atoms with Crippen LogP contribution in [0.15, 0.2) is 102 Å². The smallest absolute Gasteiger partial charge is 0.273 e. The van der Waals surface area contributed by atoms with Crippen molar-refractivity contribution in [2.75, 3.05) is 12.0 Å². The second-order valence-corrected chi connectivity index (χ2v) is 9.32. The standard InChI is InChI=1S/C25H15N3O5S2/c1-31-15-12-10-14(11-13-15)28-22(29)20(34-24-26-16-6-2-4-8-18(16)32-24)21(23(28)30)35-25-27-17-7-3-5-9-19(17)33-25/h2-13H,1H3. The number of para-hydroxylation sites is 4. The predicted octanol–water partition coefficient (Wildman–Crippen LogP) is 5.65. The van der Waals surface area contributed by atoms with E-state index < -0.39 is 11.8 Å². The fourth-order valence-electron chi connectivity index (χ4n) is 3.60. The van der Waals surface area contributed by atoms with Crippen LogP contribution < -0.4 is 9.64 Å².